The molecule has 1 saturated heterocycles. The summed E-state index contributed by atoms with van der Waals surface area (Å²) < 4.78 is 6.89. The van der Waals surface area contributed by atoms with Gasteiger partial charge in [-0.2, -0.15) is 0 Å². The smallest absolute Gasteiger partial charge is 0.325 e. The third-order valence-electron chi connectivity index (χ3n) is 5.14. The largest absolute Gasteiger partial charge is 0.465 e. The first kappa shape index (κ1) is 21.9. The number of aromatic nitrogens is 1. The van der Waals surface area contributed by atoms with Crippen molar-refractivity contribution in [1.29, 1.82) is 0 Å². The van der Waals surface area contributed by atoms with E-state index in [-0.39, 0.29) is 31.1 Å². The Morgan fingerprint density at radius 1 is 1.37 bits per heavy atom. The second-order valence-corrected chi connectivity index (χ2v) is 8.09. The Kier molecular flexibility index (Phi) is 7.15. The van der Waals surface area contributed by atoms with Crippen LogP contribution in [0.25, 0.3) is 10.2 Å². The van der Waals surface area contributed by atoms with Crippen LogP contribution in [0.15, 0.2) is 30.2 Å². The van der Waals surface area contributed by atoms with Gasteiger partial charge in [0.1, 0.15) is 17.1 Å². The number of thiophene rings is 1. The van der Waals surface area contributed by atoms with Gasteiger partial charge in [0.25, 0.3) is 5.91 Å². The number of carbonyl (C=O) groups is 3. The highest BCUT2D eigenvalue weighted by atomic mass is 32.1. The molecule has 0 saturated carbocycles. The zero-order valence-corrected chi connectivity index (χ0v) is 18.2. The van der Waals surface area contributed by atoms with Crippen LogP contribution >= 0.6 is 11.3 Å². The predicted octanol–water partition coefficient (Wildman–Crippen LogP) is 2.70. The molecule has 0 aromatic carbocycles. The number of hydrogen-bond donors (Lipinski definition) is 1. The SMILES string of the molecule is C=CCCn1c(C(=O)N2CCN(C(=O)NCC(=O)OCC)C(C)C2)cc2ccsc21. The zero-order chi connectivity index (χ0) is 21.7. The molecule has 1 fully saturated rings. The number of urea groups is 1. The van der Waals surface area contributed by atoms with E-state index in [0.29, 0.717) is 31.9 Å². The minimum absolute atomic E-state index is 0.0270. The second kappa shape index (κ2) is 9.80. The molecule has 0 spiro atoms. The Labute approximate surface area is 180 Å². The molecular formula is C21H28N4O4S. The molecule has 2 aromatic heterocycles. The van der Waals surface area contributed by atoms with Gasteiger partial charge in [0.2, 0.25) is 0 Å². The molecule has 30 heavy (non-hydrogen) atoms. The first-order chi connectivity index (χ1) is 14.5. The second-order valence-electron chi connectivity index (χ2n) is 7.20. The Hall–Kier alpha value is -2.81. The maximum Gasteiger partial charge on any atom is 0.325 e. The molecule has 0 bridgehead atoms. The van der Waals surface area contributed by atoms with Crippen molar-refractivity contribution in [1.82, 2.24) is 19.7 Å². The molecule has 0 radical (unpaired) electrons. The van der Waals surface area contributed by atoms with Crippen LogP contribution in [0.5, 0.6) is 0 Å². The number of allylic oxidation sites excluding steroid dienone is 1. The molecule has 3 rings (SSSR count). The number of fused-ring (bicyclic) bond motifs is 1. The van der Waals surface area contributed by atoms with Gasteiger partial charge in [-0.05, 0) is 37.8 Å². The normalized spacial score (nSPS) is 16.5. The molecular weight excluding hydrogens is 404 g/mol. The van der Waals surface area contributed by atoms with Crippen LogP contribution < -0.4 is 5.32 Å². The van der Waals surface area contributed by atoms with Crippen LogP contribution in [-0.4, -0.2) is 71.1 Å². The summed E-state index contributed by atoms with van der Waals surface area (Å²) in [7, 11) is 0. The molecule has 1 N–H and O–H groups in total. The van der Waals surface area contributed by atoms with E-state index >= 15 is 0 Å². The van der Waals surface area contributed by atoms with Crippen LogP contribution in [-0.2, 0) is 16.1 Å². The van der Waals surface area contributed by atoms with Crippen molar-refractivity contribution >= 4 is 39.5 Å². The maximum absolute atomic E-state index is 13.3. The van der Waals surface area contributed by atoms with Crippen LogP contribution in [0, 0.1) is 0 Å². The lowest BCUT2D eigenvalue weighted by atomic mass is 10.2. The highest BCUT2D eigenvalue weighted by molar-refractivity contribution is 7.16. The summed E-state index contributed by atoms with van der Waals surface area (Å²) in [6.07, 6.45) is 2.64. The van der Waals surface area contributed by atoms with E-state index in [0.717, 1.165) is 16.6 Å². The fourth-order valence-electron chi connectivity index (χ4n) is 3.66. The fraction of sp³-hybridized carbons (Fsp3) is 0.476. The first-order valence-electron chi connectivity index (χ1n) is 10.1. The predicted molar refractivity (Wildman–Crippen MR) is 117 cm³/mol. The van der Waals surface area contributed by atoms with Crippen molar-refractivity contribution in [3.8, 4) is 0 Å². The number of rotatable bonds is 7. The van der Waals surface area contributed by atoms with E-state index in [1.54, 1.807) is 28.1 Å². The number of nitrogens with zero attached hydrogens (tertiary/aromatic N) is 3. The summed E-state index contributed by atoms with van der Waals surface area (Å²) in [4.78, 5) is 41.7. The van der Waals surface area contributed by atoms with Crippen molar-refractivity contribution in [3.63, 3.8) is 0 Å². The monoisotopic (exact) mass is 432 g/mol. The topological polar surface area (TPSA) is 83.9 Å². The van der Waals surface area contributed by atoms with Crippen LogP contribution in [0.4, 0.5) is 4.79 Å². The quantitative estimate of drug-likeness (QED) is 0.539. The van der Waals surface area contributed by atoms with Crippen molar-refractivity contribution in [2.75, 3.05) is 32.8 Å². The summed E-state index contributed by atoms with van der Waals surface area (Å²) in [5, 5.41) is 5.68. The average Bonchev–Trinajstić information content (AvgIpc) is 3.31. The lowest BCUT2D eigenvalue weighted by molar-refractivity contribution is -0.141. The molecule has 8 nitrogen and oxygen atoms in total. The summed E-state index contributed by atoms with van der Waals surface area (Å²) >= 11 is 1.62. The summed E-state index contributed by atoms with van der Waals surface area (Å²) in [6.45, 7) is 9.51. The van der Waals surface area contributed by atoms with Gasteiger partial charge in [0.15, 0.2) is 0 Å². The highest BCUT2D eigenvalue weighted by Crippen LogP contribution is 2.27. The molecule has 3 amide bonds. The van der Waals surface area contributed by atoms with Crippen molar-refractivity contribution in [3.05, 3.63) is 35.9 Å². The molecule has 9 heteroatoms. The number of esters is 1. The van der Waals surface area contributed by atoms with E-state index in [2.05, 4.69) is 16.5 Å². The van der Waals surface area contributed by atoms with Crippen molar-refractivity contribution < 1.29 is 19.1 Å². The molecule has 3 heterocycles. The average molecular weight is 433 g/mol. The molecule has 0 aliphatic carbocycles. The van der Waals surface area contributed by atoms with Gasteiger partial charge in [-0.1, -0.05) is 6.08 Å². The van der Waals surface area contributed by atoms with Gasteiger partial charge in [-0.3, -0.25) is 9.59 Å². The molecule has 1 unspecified atom stereocenters. The fourth-order valence-corrected chi connectivity index (χ4v) is 4.59. The van der Waals surface area contributed by atoms with Crippen LogP contribution in [0.3, 0.4) is 0 Å². The Morgan fingerprint density at radius 2 is 2.17 bits per heavy atom. The minimum atomic E-state index is -0.465. The Bertz CT molecular complexity index is 935. The number of ether oxygens (including phenoxy) is 1. The molecule has 1 aliphatic rings. The summed E-state index contributed by atoms with van der Waals surface area (Å²) in [5.41, 5.74) is 0.672. The van der Waals surface area contributed by atoms with E-state index in [1.807, 2.05) is 30.5 Å². The standard InChI is InChI=1S/C21H28N4O4S/c1-4-6-8-25-17(12-16-7-11-30-20(16)25)19(27)23-9-10-24(15(3)14-23)21(28)22-13-18(26)29-5-2/h4,7,11-12,15H,1,5-6,8-10,13-14H2,2-3H3,(H,22,28). The van der Waals surface area contributed by atoms with Gasteiger partial charge in [-0.25, -0.2) is 4.79 Å². The van der Waals surface area contributed by atoms with Crippen molar-refractivity contribution in [2.45, 2.75) is 32.9 Å². The van der Waals surface area contributed by atoms with Gasteiger partial charge >= 0.3 is 12.0 Å². The number of nitrogens with one attached hydrogen (secondary N) is 1. The van der Waals surface area contributed by atoms with E-state index in [9.17, 15) is 14.4 Å². The maximum atomic E-state index is 13.3. The number of hydrogen-bond acceptors (Lipinski definition) is 5. The summed E-state index contributed by atoms with van der Waals surface area (Å²) in [6, 6.07) is 3.48. The van der Waals surface area contributed by atoms with Crippen LogP contribution in [0.1, 0.15) is 30.8 Å². The molecule has 2 aromatic rings. The Morgan fingerprint density at radius 3 is 2.87 bits per heavy atom. The molecule has 1 aliphatic heterocycles. The lowest BCUT2D eigenvalue weighted by Crippen LogP contribution is -2.58. The van der Waals surface area contributed by atoms with Gasteiger partial charge in [0.05, 0.1) is 6.61 Å². The third kappa shape index (κ3) is 4.67. The van der Waals surface area contributed by atoms with Gasteiger partial charge in [0, 0.05) is 37.6 Å². The van der Waals surface area contributed by atoms with E-state index < -0.39 is 5.97 Å². The Balaban J connectivity index is 1.65. The van der Waals surface area contributed by atoms with Gasteiger partial charge < -0.3 is 24.4 Å². The third-order valence-corrected chi connectivity index (χ3v) is 6.09. The number of carbonyl (C=O) groups excluding carboxylic acids is 3. The molecule has 1 atom stereocenters. The zero-order valence-electron chi connectivity index (χ0n) is 17.4. The summed E-state index contributed by atoms with van der Waals surface area (Å²) in [5.74, 6) is -0.492. The van der Waals surface area contributed by atoms with E-state index in [4.69, 9.17) is 4.74 Å². The first-order valence-corrected chi connectivity index (χ1v) is 11.0. The van der Waals surface area contributed by atoms with Gasteiger partial charge in [-0.15, -0.1) is 17.9 Å². The number of amides is 3. The van der Waals surface area contributed by atoms with Crippen molar-refractivity contribution in [2.24, 2.45) is 0 Å². The minimum Gasteiger partial charge on any atom is -0.465 e. The highest BCUT2D eigenvalue weighted by Gasteiger charge is 2.31. The van der Waals surface area contributed by atoms with E-state index in [1.165, 1.54) is 0 Å². The van der Waals surface area contributed by atoms with Crippen LogP contribution in [0.2, 0.25) is 0 Å². The number of aryl methyl sites for hydroxylation is 1. The number of piperazine rings is 1. The lowest BCUT2D eigenvalue weighted by Gasteiger charge is -2.39. The molecule has 162 valence electrons.